The van der Waals surface area contributed by atoms with E-state index in [0.717, 1.165) is 0 Å². The fourth-order valence-electron chi connectivity index (χ4n) is 9.92. The van der Waals surface area contributed by atoms with Crippen molar-refractivity contribution < 1.29 is 156 Å². The second-order valence-corrected chi connectivity index (χ2v) is 23.6. The van der Waals surface area contributed by atoms with Crippen molar-refractivity contribution in [3.8, 4) is 23.0 Å². The van der Waals surface area contributed by atoms with Gasteiger partial charge in [-0.05, 0) is 70.4 Å². The summed E-state index contributed by atoms with van der Waals surface area (Å²) in [6.07, 6.45) is 0.237. The summed E-state index contributed by atoms with van der Waals surface area (Å²) >= 11 is 0. The lowest BCUT2D eigenvalue weighted by Gasteiger charge is -2.15. The van der Waals surface area contributed by atoms with Crippen molar-refractivity contribution in [3.05, 3.63) is 205 Å². The molecule has 52 heteroatoms. The lowest BCUT2D eigenvalue weighted by Crippen LogP contribution is -2.41. The number of amides is 6. The van der Waals surface area contributed by atoms with Crippen LogP contribution in [0.5, 0.6) is 23.0 Å². The molecule has 6 aromatic carbocycles. The van der Waals surface area contributed by atoms with Crippen LogP contribution in [0.1, 0.15) is 52.6 Å². The number of rotatable bonds is 54. The maximum absolute atomic E-state index is 14.4. The Kier molecular flexibility index (Phi) is 41.4. The van der Waals surface area contributed by atoms with Crippen LogP contribution in [0.25, 0.3) is 41.8 Å². The van der Waals surface area contributed by atoms with Crippen LogP contribution in [0.4, 0.5) is 93.0 Å². The maximum Gasteiger partial charge on any atom is 0.309 e. The smallest absolute Gasteiger partial charge is 0.309 e. The molecule has 0 saturated carbocycles. The van der Waals surface area contributed by atoms with Crippen LogP contribution in [0.15, 0.2) is 56.9 Å². The van der Waals surface area contributed by atoms with Crippen molar-refractivity contribution in [3.63, 3.8) is 0 Å². The quantitative estimate of drug-likeness (QED) is 0.00393. The van der Waals surface area contributed by atoms with E-state index in [1.54, 1.807) is 24.3 Å². The topological polar surface area (TPSA) is 480 Å². The first-order chi connectivity index (χ1) is 58.7. The minimum atomic E-state index is -2.10. The first kappa shape index (κ1) is 98.0. The number of halogens is 16. The van der Waals surface area contributed by atoms with Gasteiger partial charge in [-0.25, -0.2) is 70.2 Å². The third-order valence-corrected chi connectivity index (χ3v) is 15.6. The largest absolute Gasteiger partial charge is 0.487 e. The third-order valence-electron chi connectivity index (χ3n) is 15.6. The van der Waals surface area contributed by atoms with E-state index < -0.39 is 187 Å². The minimum absolute atomic E-state index is 0.0513. The second-order valence-electron chi connectivity index (χ2n) is 23.6. The summed E-state index contributed by atoms with van der Waals surface area (Å²) in [5.74, 6) is -41.1. The maximum atomic E-state index is 14.4. The first-order valence-electron chi connectivity index (χ1n) is 35.4. The number of benzene rings is 6. The molecule has 0 bridgehead atoms. The summed E-state index contributed by atoms with van der Waals surface area (Å²) < 4.78 is 295. The van der Waals surface area contributed by atoms with Gasteiger partial charge in [-0.3, -0.25) is 28.8 Å². The van der Waals surface area contributed by atoms with Crippen LogP contribution in [-0.2, 0) is 60.3 Å². The van der Waals surface area contributed by atoms with Gasteiger partial charge in [-0.2, -0.15) is 0 Å². The van der Waals surface area contributed by atoms with E-state index in [-0.39, 0.29) is 194 Å². The van der Waals surface area contributed by atoms with Gasteiger partial charge in [0, 0.05) is 58.9 Å². The van der Waals surface area contributed by atoms with E-state index in [2.05, 4.69) is 50.7 Å². The Bertz CT molecular complexity index is 4500. The summed E-state index contributed by atoms with van der Waals surface area (Å²) in [5, 5.41) is 23.3. The van der Waals surface area contributed by atoms with Crippen LogP contribution in [0.2, 0.25) is 0 Å². The first-order valence-corrected chi connectivity index (χ1v) is 35.4. The molecule has 0 aromatic heterocycles. The van der Waals surface area contributed by atoms with Crippen molar-refractivity contribution in [2.45, 2.75) is 12.8 Å². The number of hydrogen-bond acceptors (Lipinski definition) is 22. The van der Waals surface area contributed by atoms with Gasteiger partial charge in [0.25, 0.3) is 23.6 Å². The number of hydrogen-bond donors (Lipinski definition) is 6. The molecule has 0 unspecified atom stereocenters. The Balaban J connectivity index is 0.968. The summed E-state index contributed by atoms with van der Waals surface area (Å²) in [5.41, 5.74) is 22.0. The van der Waals surface area contributed by atoms with Gasteiger partial charge in [0.2, 0.25) is 0 Å². The molecule has 0 aliphatic heterocycles. The van der Waals surface area contributed by atoms with E-state index in [4.69, 9.17) is 79.0 Å². The monoisotopic (exact) mass is 1750 g/mol. The van der Waals surface area contributed by atoms with Gasteiger partial charge in [0.1, 0.15) is 71.4 Å². The molecule has 0 radical (unpaired) electrons. The van der Waals surface area contributed by atoms with Gasteiger partial charge < -0.3 is 88.7 Å². The normalized spacial score (nSPS) is 10.9. The predicted octanol–water partition coefficient (Wildman–Crippen LogP) is 11.1. The molecule has 0 fully saturated rings. The third kappa shape index (κ3) is 28.7. The molecule has 0 aliphatic rings. The van der Waals surface area contributed by atoms with E-state index in [1.807, 2.05) is 21.3 Å². The fraction of sp³-hybridized carbons (Fsp3) is 0.400. The molecule has 6 N–H and O–H groups in total. The van der Waals surface area contributed by atoms with Gasteiger partial charge in [-0.15, -0.1) is 0 Å². The van der Waals surface area contributed by atoms with Crippen molar-refractivity contribution in [1.82, 2.24) is 31.9 Å². The zero-order valence-electron chi connectivity index (χ0n) is 63.0. The SMILES string of the molecule is [N-]=[N+]=Nc1c(F)c(F)c(C(=O)NCCOCCOCCOc2ccc(CCNC(=O)C(=O)NCCc3ccc(OCCOCCOCCNC(=O)c4c(F)c(F)c(N=[N+]=[N-])c(F)c4F)c(OCCOCCOCCNC(=O)c4c(F)c(F)c(N=[N+]=[N-])c(F)c4F)c3)cc2OCCOCCOCCNC(=O)c2c(F)c(F)c(N=[N+]=[N-])c(F)c2F)c(F)c1F. The molecule has 122 heavy (non-hydrogen) atoms. The number of azide groups is 4. The molecule has 0 spiro atoms. The Hall–Kier alpha value is -12.9. The molecule has 0 heterocycles. The number of nitrogens with one attached hydrogen (secondary N) is 6. The van der Waals surface area contributed by atoms with Crippen molar-refractivity contribution in [1.29, 1.82) is 0 Å². The standard InChI is InChI=1S/C70H68F16N18O18/c71-45-41(46(72)54(80)61(53(45)79)97-101-87)65(105)93-9-13-111-17-21-115-25-29-119-37-3-1-35(33-39(37)121-31-27-117-23-19-113-15-11-95-67(107)43-49(75)57(83)63(99-103-89)58(84)50(43)76)5-7-91-69(109)70(110)92-8-6-36-2-4-38(120-30-26-116-22-18-112-14-10-94-66(106)42-47(73)55(81)62(98-102-88)56(82)48(42)74)40(34-36)122-32-28-118-24-20-114-16-12-96-68(108)44-51(77)59(85)64(100-104-90)60(86)52(44)78/h1-4,33-34H,5-32H2,(H,91,109)(H,92,110)(H,93,105)(H,94,106)(H,95,107)(H,96,108). The Morgan fingerprint density at radius 3 is 0.664 bits per heavy atom. The van der Waals surface area contributed by atoms with Gasteiger partial charge in [0.15, 0.2) is 116 Å². The van der Waals surface area contributed by atoms with Crippen molar-refractivity contribution >= 4 is 58.2 Å². The zero-order valence-corrected chi connectivity index (χ0v) is 63.0. The molecule has 658 valence electrons. The molecule has 6 amide bonds. The number of nitrogens with zero attached hydrogens (tertiary/aromatic N) is 12. The van der Waals surface area contributed by atoms with E-state index in [1.165, 1.54) is 12.1 Å². The van der Waals surface area contributed by atoms with Crippen LogP contribution in [0, 0.1) is 93.1 Å². The molecular weight excluding hydrogens is 1680 g/mol. The highest BCUT2D eigenvalue weighted by molar-refractivity contribution is 6.35. The molecule has 0 aliphatic carbocycles. The number of ether oxygens (including phenoxy) is 12. The van der Waals surface area contributed by atoms with E-state index >= 15 is 0 Å². The average Bonchev–Trinajstić information content (AvgIpc) is 0.798. The van der Waals surface area contributed by atoms with Gasteiger partial charge in [0.05, 0.1) is 106 Å². The molecule has 6 rings (SSSR count). The van der Waals surface area contributed by atoms with Crippen molar-refractivity contribution in [2.24, 2.45) is 20.5 Å². The Morgan fingerprint density at radius 2 is 0.451 bits per heavy atom. The van der Waals surface area contributed by atoms with Crippen LogP contribution < -0.4 is 50.8 Å². The van der Waals surface area contributed by atoms with Crippen LogP contribution in [-0.4, -0.2) is 207 Å². The molecule has 6 aromatic rings. The number of carbonyl (C=O) groups is 6. The Labute approximate surface area is 676 Å². The van der Waals surface area contributed by atoms with Crippen LogP contribution >= 0.6 is 0 Å². The summed E-state index contributed by atoms with van der Waals surface area (Å²) in [7, 11) is 0. The molecule has 36 nitrogen and oxygen atoms in total. The highest BCUT2D eigenvalue weighted by atomic mass is 19.2. The number of carbonyl (C=O) groups excluding carboxylic acids is 6. The van der Waals surface area contributed by atoms with E-state index in [9.17, 15) is 99.0 Å². The van der Waals surface area contributed by atoms with Gasteiger partial charge >= 0.3 is 11.8 Å². The fourth-order valence-corrected chi connectivity index (χ4v) is 9.92. The summed E-state index contributed by atoms with van der Waals surface area (Å²) in [4.78, 5) is 83.8. The predicted molar refractivity (Wildman–Crippen MR) is 384 cm³/mol. The summed E-state index contributed by atoms with van der Waals surface area (Å²) in [6, 6.07) is 9.37. The second kappa shape index (κ2) is 51.6. The minimum Gasteiger partial charge on any atom is -0.487 e. The molecule has 0 atom stereocenters. The Morgan fingerprint density at radius 1 is 0.254 bits per heavy atom. The highest BCUT2D eigenvalue weighted by Crippen LogP contribution is 2.36. The zero-order chi connectivity index (χ0) is 89.2. The van der Waals surface area contributed by atoms with Gasteiger partial charge in [-0.1, -0.05) is 32.6 Å². The lowest BCUT2D eigenvalue weighted by molar-refractivity contribution is -0.139. The molecule has 0 saturated heterocycles. The molecular formula is C70H68F16N18O18. The lowest BCUT2D eigenvalue weighted by atomic mass is 10.1. The van der Waals surface area contributed by atoms with E-state index in [0.29, 0.717) is 11.1 Å². The van der Waals surface area contributed by atoms with Crippen molar-refractivity contribution in [2.75, 3.05) is 171 Å². The highest BCUT2D eigenvalue weighted by Gasteiger charge is 2.33. The average molecular weight is 1750 g/mol. The summed E-state index contributed by atoms with van der Waals surface area (Å²) in [6.45, 7) is -4.12. The van der Waals surface area contributed by atoms with Crippen LogP contribution in [0.3, 0.4) is 0 Å².